The zero-order valence-corrected chi connectivity index (χ0v) is 10.2. The Hall–Kier alpha value is -1.62. The van der Waals surface area contributed by atoms with Crippen molar-refractivity contribution >= 4 is 17.7 Å². The van der Waals surface area contributed by atoms with Gasteiger partial charge in [-0.1, -0.05) is 30.0 Å². The minimum absolute atomic E-state index is 0.320. The molecule has 1 N–H and O–H groups in total. The zero-order chi connectivity index (χ0) is 12.1. The summed E-state index contributed by atoms with van der Waals surface area (Å²) >= 11 is 1.24. The van der Waals surface area contributed by atoms with Crippen molar-refractivity contribution in [2.24, 2.45) is 0 Å². The van der Waals surface area contributed by atoms with Crippen molar-refractivity contribution in [1.29, 1.82) is 0 Å². The van der Waals surface area contributed by atoms with Crippen molar-refractivity contribution in [2.45, 2.75) is 12.0 Å². The topological polar surface area (TPSA) is 47.6 Å². The first-order valence-corrected chi connectivity index (χ1v) is 6.16. The van der Waals surface area contributed by atoms with Crippen LogP contribution in [0.5, 0.6) is 5.75 Å². The normalized spacial score (nSPS) is 21.9. The minimum Gasteiger partial charge on any atom is -0.461 e. The number of nitrogens with one attached hydrogen (secondary N) is 1. The molecule has 0 saturated heterocycles. The number of hydrogen-bond donors (Lipinski definition) is 1. The molecule has 1 unspecified atom stereocenters. The van der Waals surface area contributed by atoms with Gasteiger partial charge in [0.2, 0.25) is 0 Å². The van der Waals surface area contributed by atoms with Crippen molar-refractivity contribution in [1.82, 2.24) is 5.32 Å². The maximum absolute atomic E-state index is 11.9. The maximum atomic E-state index is 11.9. The summed E-state index contributed by atoms with van der Waals surface area (Å²) in [5.74, 6) is 0.183. The highest BCUT2D eigenvalue weighted by Crippen LogP contribution is 2.32. The number of para-hydroxylation sites is 1. The molecule has 0 saturated carbocycles. The molecule has 0 amide bonds. The second-order valence-corrected chi connectivity index (χ2v) is 4.40. The largest absolute Gasteiger partial charge is 0.461 e. The number of ether oxygens (including phenoxy) is 2. The summed E-state index contributed by atoms with van der Waals surface area (Å²) < 4.78 is 10.7. The Morgan fingerprint density at radius 2 is 2.18 bits per heavy atom. The molecule has 4 nitrogen and oxygen atoms in total. The van der Waals surface area contributed by atoms with Gasteiger partial charge in [-0.2, -0.15) is 0 Å². The minimum atomic E-state index is -1.20. The number of benzene rings is 1. The standard InChI is InChI=1S/C12H13NO3S/c1-2-15-11(14)12(13-8-9-17-12)16-10-6-4-3-5-7-10/h3-9,13H,2H2,1H3. The third-order valence-corrected chi connectivity index (χ3v) is 3.10. The van der Waals surface area contributed by atoms with Gasteiger partial charge in [0.1, 0.15) is 5.75 Å². The van der Waals surface area contributed by atoms with E-state index in [4.69, 9.17) is 9.47 Å². The van der Waals surface area contributed by atoms with E-state index in [2.05, 4.69) is 5.32 Å². The lowest BCUT2D eigenvalue weighted by atomic mass is 10.3. The molecule has 5 heteroatoms. The Morgan fingerprint density at radius 3 is 2.76 bits per heavy atom. The third kappa shape index (κ3) is 2.55. The van der Waals surface area contributed by atoms with Crippen LogP contribution in [0.15, 0.2) is 41.9 Å². The highest BCUT2D eigenvalue weighted by Gasteiger charge is 2.44. The zero-order valence-electron chi connectivity index (χ0n) is 9.38. The van der Waals surface area contributed by atoms with Crippen LogP contribution in [0.1, 0.15) is 6.92 Å². The van der Waals surface area contributed by atoms with Gasteiger partial charge in [-0.05, 0) is 24.5 Å². The van der Waals surface area contributed by atoms with Gasteiger partial charge in [0.05, 0.1) is 6.61 Å². The number of thioether (sulfide) groups is 1. The molecule has 2 rings (SSSR count). The van der Waals surface area contributed by atoms with Gasteiger partial charge in [0, 0.05) is 6.20 Å². The second-order valence-electron chi connectivity index (χ2n) is 3.32. The molecule has 0 aliphatic carbocycles. The van der Waals surface area contributed by atoms with E-state index in [0.29, 0.717) is 12.4 Å². The lowest BCUT2D eigenvalue weighted by Crippen LogP contribution is -2.50. The van der Waals surface area contributed by atoms with Crippen molar-refractivity contribution in [3.05, 3.63) is 41.9 Å². The molecule has 1 heterocycles. The third-order valence-electron chi connectivity index (χ3n) is 2.12. The molecular formula is C12H13NO3S. The van der Waals surface area contributed by atoms with Crippen LogP contribution in [0.2, 0.25) is 0 Å². The molecule has 1 aliphatic heterocycles. The van der Waals surface area contributed by atoms with Crippen LogP contribution in [0.3, 0.4) is 0 Å². The Kier molecular flexibility index (Phi) is 3.58. The molecule has 0 spiro atoms. The van der Waals surface area contributed by atoms with Crippen LogP contribution in [0, 0.1) is 0 Å². The van der Waals surface area contributed by atoms with E-state index in [1.165, 1.54) is 11.8 Å². The van der Waals surface area contributed by atoms with Crippen LogP contribution >= 0.6 is 11.8 Å². The van der Waals surface area contributed by atoms with Crippen molar-refractivity contribution < 1.29 is 14.3 Å². The Morgan fingerprint density at radius 1 is 1.41 bits per heavy atom. The number of esters is 1. The molecule has 1 atom stereocenters. The average molecular weight is 251 g/mol. The monoisotopic (exact) mass is 251 g/mol. The predicted octanol–water partition coefficient (Wildman–Crippen LogP) is 2.09. The van der Waals surface area contributed by atoms with E-state index in [0.717, 1.165) is 0 Å². The number of hydrogen-bond acceptors (Lipinski definition) is 5. The molecule has 1 aromatic rings. The van der Waals surface area contributed by atoms with Gasteiger partial charge in [-0.15, -0.1) is 0 Å². The Balaban J connectivity index is 2.15. The van der Waals surface area contributed by atoms with Gasteiger partial charge in [-0.3, -0.25) is 0 Å². The van der Waals surface area contributed by atoms with Crippen LogP contribution in [-0.4, -0.2) is 17.6 Å². The Bertz CT molecular complexity index is 411. The van der Waals surface area contributed by atoms with E-state index in [1.807, 2.05) is 18.2 Å². The molecular weight excluding hydrogens is 238 g/mol. The first-order chi connectivity index (χ1) is 8.27. The summed E-state index contributed by atoms with van der Waals surface area (Å²) in [4.78, 5) is 11.9. The summed E-state index contributed by atoms with van der Waals surface area (Å²) in [5.41, 5.74) is 0. The molecule has 90 valence electrons. The fourth-order valence-electron chi connectivity index (χ4n) is 1.39. The Labute approximate surface area is 104 Å². The lowest BCUT2D eigenvalue weighted by molar-refractivity contribution is -0.155. The van der Waals surface area contributed by atoms with Crippen LogP contribution in [0.4, 0.5) is 0 Å². The summed E-state index contributed by atoms with van der Waals surface area (Å²) in [7, 11) is 0. The lowest BCUT2D eigenvalue weighted by Gasteiger charge is -2.27. The molecule has 0 fully saturated rings. The summed E-state index contributed by atoms with van der Waals surface area (Å²) in [6.07, 6.45) is 1.67. The predicted molar refractivity (Wildman–Crippen MR) is 66.3 cm³/mol. The smallest absolute Gasteiger partial charge is 0.384 e. The SMILES string of the molecule is CCOC(=O)C1(Oc2ccccc2)NC=CS1. The molecule has 1 aliphatic rings. The highest BCUT2D eigenvalue weighted by atomic mass is 32.2. The first-order valence-electron chi connectivity index (χ1n) is 5.28. The summed E-state index contributed by atoms with van der Waals surface area (Å²) in [6, 6.07) is 9.17. The summed E-state index contributed by atoms with van der Waals surface area (Å²) in [5, 5.41) is 3.46. The fourth-order valence-corrected chi connectivity index (χ4v) is 2.15. The highest BCUT2D eigenvalue weighted by molar-refractivity contribution is 8.04. The van der Waals surface area contributed by atoms with E-state index in [9.17, 15) is 4.79 Å². The van der Waals surface area contributed by atoms with E-state index in [-0.39, 0.29) is 0 Å². The van der Waals surface area contributed by atoms with Crippen molar-refractivity contribution in [2.75, 3.05) is 6.61 Å². The van der Waals surface area contributed by atoms with Crippen molar-refractivity contribution in [3.63, 3.8) is 0 Å². The number of rotatable bonds is 4. The van der Waals surface area contributed by atoms with E-state index < -0.39 is 11.0 Å². The summed E-state index contributed by atoms with van der Waals surface area (Å²) in [6.45, 7) is 2.09. The van der Waals surface area contributed by atoms with Gasteiger partial charge in [0.25, 0.3) is 0 Å². The van der Waals surface area contributed by atoms with Crippen LogP contribution < -0.4 is 10.1 Å². The molecule has 0 bridgehead atoms. The molecule has 0 aromatic heterocycles. The van der Waals surface area contributed by atoms with Gasteiger partial charge < -0.3 is 14.8 Å². The van der Waals surface area contributed by atoms with E-state index >= 15 is 0 Å². The van der Waals surface area contributed by atoms with Crippen molar-refractivity contribution in [3.8, 4) is 5.75 Å². The maximum Gasteiger partial charge on any atom is 0.384 e. The number of carbonyl (C=O) groups excluding carboxylic acids is 1. The van der Waals surface area contributed by atoms with Gasteiger partial charge in [-0.25, -0.2) is 4.79 Å². The van der Waals surface area contributed by atoms with Gasteiger partial charge in [0.15, 0.2) is 0 Å². The second kappa shape index (κ2) is 5.14. The fraction of sp³-hybridized carbons (Fsp3) is 0.250. The quantitative estimate of drug-likeness (QED) is 0.830. The van der Waals surface area contributed by atoms with Crippen LogP contribution in [-0.2, 0) is 9.53 Å². The average Bonchev–Trinajstić information content (AvgIpc) is 2.80. The molecule has 17 heavy (non-hydrogen) atoms. The molecule has 0 radical (unpaired) electrons. The number of carbonyl (C=O) groups is 1. The van der Waals surface area contributed by atoms with Crippen LogP contribution in [0.25, 0.3) is 0 Å². The molecule has 1 aromatic carbocycles. The van der Waals surface area contributed by atoms with E-state index in [1.54, 1.807) is 30.7 Å². The van der Waals surface area contributed by atoms with Gasteiger partial charge >= 0.3 is 11.0 Å². The first kappa shape index (κ1) is 11.9.